The smallest absolute Gasteiger partial charge is 0.277 e. The third kappa shape index (κ3) is 4.21. The minimum absolute atomic E-state index is 0.0845. The van der Waals surface area contributed by atoms with Crippen LogP contribution in [0.4, 0.5) is 0 Å². The Kier molecular flexibility index (Phi) is 4.77. The monoisotopic (exact) mass is 286 g/mol. The van der Waals surface area contributed by atoms with Crippen LogP contribution in [0.15, 0.2) is 39.9 Å². The fourth-order valence-electron chi connectivity index (χ4n) is 1.75. The van der Waals surface area contributed by atoms with Crippen molar-refractivity contribution < 1.29 is 13.9 Å². The van der Waals surface area contributed by atoms with Crippen LogP contribution >= 0.6 is 0 Å². The Morgan fingerprint density at radius 1 is 1.29 bits per heavy atom. The number of hydrogen-bond donors (Lipinski definition) is 1. The van der Waals surface area contributed by atoms with Crippen LogP contribution < -0.4 is 10.2 Å². The number of hydrazone groups is 1. The van der Waals surface area contributed by atoms with E-state index in [9.17, 15) is 4.79 Å². The van der Waals surface area contributed by atoms with Gasteiger partial charge in [-0.25, -0.2) is 5.43 Å². The molecule has 0 bridgehead atoms. The molecule has 0 aliphatic rings. The van der Waals surface area contributed by atoms with Gasteiger partial charge in [0.25, 0.3) is 5.91 Å². The zero-order valence-electron chi connectivity index (χ0n) is 12.3. The fourth-order valence-corrected chi connectivity index (χ4v) is 1.75. The first-order valence-electron chi connectivity index (χ1n) is 6.63. The highest BCUT2D eigenvalue weighted by Crippen LogP contribution is 2.20. The van der Waals surface area contributed by atoms with E-state index in [1.54, 1.807) is 6.07 Å². The second-order valence-corrected chi connectivity index (χ2v) is 4.73. The Balaban J connectivity index is 1.82. The van der Waals surface area contributed by atoms with E-state index in [1.165, 1.54) is 6.21 Å². The first kappa shape index (κ1) is 14.8. The van der Waals surface area contributed by atoms with E-state index in [-0.39, 0.29) is 12.5 Å². The van der Waals surface area contributed by atoms with Gasteiger partial charge in [0.2, 0.25) is 0 Å². The maximum Gasteiger partial charge on any atom is 0.277 e. The van der Waals surface area contributed by atoms with Crippen molar-refractivity contribution in [1.82, 2.24) is 5.43 Å². The van der Waals surface area contributed by atoms with Crippen molar-refractivity contribution in [1.29, 1.82) is 0 Å². The Bertz CT molecular complexity index is 659. The molecule has 5 heteroatoms. The lowest BCUT2D eigenvalue weighted by Crippen LogP contribution is -2.24. The molecular weight excluding hydrogens is 268 g/mol. The van der Waals surface area contributed by atoms with Crippen LogP contribution in [0.25, 0.3) is 0 Å². The number of nitrogens with one attached hydrogen (secondary N) is 1. The van der Waals surface area contributed by atoms with Crippen molar-refractivity contribution in [3.8, 4) is 5.75 Å². The molecule has 110 valence electrons. The maximum atomic E-state index is 11.6. The summed E-state index contributed by atoms with van der Waals surface area (Å²) >= 11 is 0. The number of ether oxygens (including phenoxy) is 1. The molecule has 21 heavy (non-hydrogen) atoms. The second-order valence-electron chi connectivity index (χ2n) is 4.73. The van der Waals surface area contributed by atoms with Crippen molar-refractivity contribution in [3.63, 3.8) is 0 Å². The number of carbonyl (C=O) groups excluding carboxylic acids is 1. The van der Waals surface area contributed by atoms with Crippen molar-refractivity contribution in [2.24, 2.45) is 5.10 Å². The summed E-state index contributed by atoms with van der Waals surface area (Å²) in [5, 5.41) is 3.81. The van der Waals surface area contributed by atoms with Gasteiger partial charge in [-0.1, -0.05) is 12.1 Å². The summed E-state index contributed by atoms with van der Waals surface area (Å²) in [5.41, 5.74) is 4.54. The van der Waals surface area contributed by atoms with Gasteiger partial charge in [0.05, 0.1) is 6.21 Å². The van der Waals surface area contributed by atoms with Crippen LogP contribution in [-0.4, -0.2) is 18.7 Å². The Morgan fingerprint density at radius 2 is 2.10 bits per heavy atom. The van der Waals surface area contributed by atoms with Crippen LogP contribution in [0.1, 0.15) is 22.6 Å². The Hall–Kier alpha value is -2.56. The molecule has 0 spiro atoms. The molecule has 0 aliphatic heterocycles. The molecule has 2 aromatic rings. The van der Waals surface area contributed by atoms with Gasteiger partial charge in [-0.3, -0.25) is 4.79 Å². The van der Waals surface area contributed by atoms with E-state index in [4.69, 9.17) is 9.15 Å². The van der Waals surface area contributed by atoms with Gasteiger partial charge in [0, 0.05) is 0 Å². The summed E-state index contributed by atoms with van der Waals surface area (Å²) in [6, 6.07) is 9.33. The molecule has 1 N–H and O–H groups in total. The number of amides is 1. The predicted molar refractivity (Wildman–Crippen MR) is 80.6 cm³/mol. The lowest BCUT2D eigenvalue weighted by molar-refractivity contribution is -0.123. The van der Waals surface area contributed by atoms with Gasteiger partial charge in [-0.15, -0.1) is 0 Å². The van der Waals surface area contributed by atoms with E-state index in [2.05, 4.69) is 10.5 Å². The molecule has 0 atom stereocenters. The largest absolute Gasteiger partial charge is 0.483 e. The molecule has 0 unspecified atom stereocenters. The van der Waals surface area contributed by atoms with E-state index < -0.39 is 0 Å². The minimum Gasteiger partial charge on any atom is -0.483 e. The molecule has 1 aromatic carbocycles. The van der Waals surface area contributed by atoms with Gasteiger partial charge in [-0.2, -0.15) is 5.10 Å². The van der Waals surface area contributed by atoms with Crippen molar-refractivity contribution in [3.05, 3.63) is 53.0 Å². The molecule has 1 aromatic heterocycles. The van der Waals surface area contributed by atoms with Crippen LogP contribution in [0.5, 0.6) is 5.75 Å². The number of nitrogens with zero attached hydrogens (tertiary/aromatic N) is 1. The van der Waals surface area contributed by atoms with E-state index in [1.807, 2.05) is 45.0 Å². The third-order valence-electron chi connectivity index (χ3n) is 3.06. The molecular formula is C16H18N2O3. The number of furan rings is 1. The van der Waals surface area contributed by atoms with Crippen LogP contribution in [0.2, 0.25) is 0 Å². The zero-order chi connectivity index (χ0) is 15.2. The predicted octanol–water partition coefficient (Wildman–Crippen LogP) is 2.73. The molecule has 5 nitrogen and oxygen atoms in total. The normalized spacial score (nSPS) is 10.8. The topological polar surface area (TPSA) is 63.8 Å². The SMILES string of the molecule is Cc1ccc(/C=N/NC(=O)COc2cccc(C)c2C)o1. The Labute approximate surface area is 123 Å². The molecule has 2 rings (SSSR count). The highest BCUT2D eigenvalue weighted by molar-refractivity contribution is 5.81. The Morgan fingerprint density at radius 3 is 2.81 bits per heavy atom. The number of aryl methyl sites for hydroxylation is 2. The average Bonchev–Trinajstić information content (AvgIpc) is 2.86. The molecule has 0 saturated heterocycles. The van der Waals surface area contributed by atoms with Crippen molar-refractivity contribution in [2.75, 3.05) is 6.61 Å². The lowest BCUT2D eigenvalue weighted by atomic mass is 10.1. The highest BCUT2D eigenvalue weighted by Gasteiger charge is 2.05. The average molecular weight is 286 g/mol. The summed E-state index contributed by atoms with van der Waals surface area (Å²) in [6.07, 6.45) is 1.45. The molecule has 0 fully saturated rings. The molecule has 0 radical (unpaired) electrons. The summed E-state index contributed by atoms with van der Waals surface area (Å²) < 4.78 is 10.8. The number of rotatable bonds is 5. The van der Waals surface area contributed by atoms with Gasteiger partial charge >= 0.3 is 0 Å². The highest BCUT2D eigenvalue weighted by atomic mass is 16.5. The lowest BCUT2D eigenvalue weighted by Gasteiger charge is -2.09. The van der Waals surface area contributed by atoms with Gasteiger partial charge in [0.1, 0.15) is 17.3 Å². The first-order chi connectivity index (χ1) is 10.1. The van der Waals surface area contributed by atoms with E-state index in [0.717, 1.165) is 16.9 Å². The quantitative estimate of drug-likeness (QED) is 0.679. The number of hydrogen-bond acceptors (Lipinski definition) is 4. The number of benzene rings is 1. The van der Waals surface area contributed by atoms with E-state index >= 15 is 0 Å². The summed E-state index contributed by atoms with van der Waals surface area (Å²) in [5.74, 6) is 1.76. The first-order valence-corrected chi connectivity index (χ1v) is 6.63. The zero-order valence-corrected chi connectivity index (χ0v) is 12.3. The minimum atomic E-state index is -0.324. The van der Waals surface area contributed by atoms with Crippen LogP contribution in [-0.2, 0) is 4.79 Å². The van der Waals surface area contributed by atoms with Crippen molar-refractivity contribution in [2.45, 2.75) is 20.8 Å². The molecule has 1 amide bonds. The number of carbonyl (C=O) groups is 1. The molecule has 0 aliphatic carbocycles. The summed E-state index contributed by atoms with van der Waals surface area (Å²) in [7, 11) is 0. The van der Waals surface area contributed by atoms with Gasteiger partial charge < -0.3 is 9.15 Å². The maximum absolute atomic E-state index is 11.6. The van der Waals surface area contributed by atoms with Gasteiger partial charge in [0.15, 0.2) is 6.61 Å². The van der Waals surface area contributed by atoms with Crippen molar-refractivity contribution >= 4 is 12.1 Å². The molecule has 0 saturated carbocycles. The molecule has 1 heterocycles. The van der Waals surface area contributed by atoms with E-state index in [0.29, 0.717) is 11.5 Å². The van der Waals surface area contributed by atoms with Crippen LogP contribution in [0.3, 0.4) is 0 Å². The fraction of sp³-hybridized carbons (Fsp3) is 0.250. The summed E-state index contributed by atoms with van der Waals surface area (Å²) in [6.45, 7) is 5.71. The third-order valence-corrected chi connectivity index (χ3v) is 3.06. The standard InChI is InChI=1S/C16H18N2O3/c1-11-5-4-6-15(13(11)3)20-10-16(19)18-17-9-14-8-7-12(2)21-14/h4-9H,10H2,1-3H3,(H,18,19)/b17-9+. The van der Waals surface area contributed by atoms with Gasteiger partial charge in [-0.05, 0) is 50.1 Å². The second kappa shape index (κ2) is 6.74. The summed E-state index contributed by atoms with van der Waals surface area (Å²) in [4.78, 5) is 11.6. The van der Waals surface area contributed by atoms with Crippen LogP contribution in [0, 0.1) is 20.8 Å².